The van der Waals surface area contributed by atoms with E-state index >= 15 is 0 Å². The molecule has 25 heavy (non-hydrogen) atoms. The first-order valence-corrected chi connectivity index (χ1v) is 10.0. The lowest BCUT2D eigenvalue weighted by Gasteiger charge is -2.62. The summed E-state index contributed by atoms with van der Waals surface area (Å²) in [6.45, 7) is 14.6. The standard InChI is InChI=1S/C19H30N4OS/c1-6-20-17(23-13-18(2,3)19(23,4)5)21-11-16(24)22-9-7-15-14(12-22)8-10-25-15/h8,10H,6-7,9,11-13H2,1-5H3,(H,20,21). The zero-order valence-corrected chi connectivity index (χ0v) is 16.9. The van der Waals surface area contributed by atoms with Gasteiger partial charge < -0.3 is 15.1 Å². The molecule has 1 saturated heterocycles. The molecule has 1 aromatic heterocycles. The normalized spacial score (nSPS) is 21.6. The zero-order valence-electron chi connectivity index (χ0n) is 16.1. The van der Waals surface area contributed by atoms with Crippen molar-refractivity contribution < 1.29 is 4.79 Å². The maximum absolute atomic E-state index is 12.6. The summed E-state index contributed by atoms with van der Waals surface area (Å²) in [6.07, 6.45) is 0.968. The first-order valence-electron chi connectivity index (χ1n) is 9.15. The van der Waals surface area contributed by atoms with Crippen LogP contribution >= 0.6 is 11.3 Å². The molecule has 0 spiro atoms. The Kier molecular flexibility index (Phi) is 4.84. The number of hydrogen-bond donors (Lipinski definition) is 1. The van der Waals surface area contributed by atoms with Crippen LogP contribution in [0.25, 0.3) is 0 Å². The lowest BCUT2D eigenvalue weighted by molar-refractivity contribution is -0.130. The van der Waals surface area contributed by atoms with Gasteiger partial charge in [-0.05, 0) is 44.2 Å². The van der Waals surface area contributed by atoms with Gasteiger partial charge in [0.25, 0.3) is 0 Å². The van der Waals surface area contributed by atoms with Crippen molar-refractivity contribution in [3.05, 3.63) is 21.9 Å². The molecule has 0 aliphatic carbocycles. The van der Waals surface area contributed by atoms with E-state index in [4.69, 9.17) is 0 Å². The smallest absolute Gasteiger partial charge is 0.244 e. The predicted molar refractivity (Wildman–Crippen MR) is 104 cm³/mol. The fourth-order valence-corrected chi connectivity index (χ4v) is 4.39. The van der Waals surface area contributed by atoms with Crippen LogP contribution in [0.5, 0.6) is 0 Å². The van der Waals surface area contributed by atoms with Crippen LogP contribution in [0.2, 0.25) is 0 Å². The number of nitrogens with one attached hydrogen (secondary N) is 1. The molecule has 6 heteroatoms. The van der Waals surface area contributed by atoms with Crippen LogP contribution in [-0.4, -0.2) is 53.4 Å². The quantitative estimate of drug-likeness (QED) is 0.664. The van der Waals surface area contributed by atoms with Gasteiger partial charge in [-0.3, -0.25) is 4.79 Å². The first kappa shape index (κ1) is 18.2. The number of rotatable bonds is 3. The lowest BCUT2D eigenvalue weighted by atomic mass is 9.65. The fourth-order valence-electron chi connectivity index (χ4n) is 3.50. The van der Waals surface area contributed by atoms with Crippen molar-refractivity contribution in [1.82, 2.24) is 15.1 Å². The molecule has 3 rings (SSSR count). The Morgan fingerprint density at radius 1 is 1.36 bits per heavy atom. The van der Waals surface area contributed by atoms with Crippen LogP contribution in [0.1, 0.15) is 45.1 Å². The molecule has 0 bridgehead atoms. The highest BCUT2D eigenvalue weighted by Crippen LogP contribution is 2.46. The molecule has 0 unspecified atom stereocenters. The number of carbonyl (C=O) groups is 1. The molecule has 0 radical (unpaired) electrons. The van der Waals surface area contributed by atoms with Gasteiger partial charge in [-0.25, -0.2) is 4.99 Å². The summed E-state index contributed by atoms with van der Waals surface area (Å²) in [4.78, 5) is 22.9. The van der Waals surface area contributed by atoms with Gasteiger partial charge in [0.2, 0.25) is 5.91 Å². The highest BCUT2D eigenvalue weighted by molar-refractivity contribution is 7.10. The maximum Gasteiger partial charge on any atom is 0.244 e. The van der Waals surface area contributed by atoms with Crippen LogP contribution in [0.4, 0.5) is 0 Å². The minimum absolute atomic E-state index is 0.0355. The molecule has 3 heterocycles. The molecule has 1 fully saturated rings. The van der Waals surface area contributed by atoms with Crippen LogP contribution in [0, 0.1) is 5.41 Å². The third kappa shape index (κ3) is 3.28. The van der Waals surface area contributed by atoms with E-state index in [0.717, 1.165) is 38.6 Å². The Morgan fingerprint density at radius 3 is 2.76 bits per heavy atom. The van der Waals surface area contributed by atoms with E-state index < -0.39 is 0 Å². The molecule has 0 aromatic carbocycles. The SMILES string of the molecule is CCNC(=NCC(=O)N1CCc2sccc2C1)N1CC(C)(C)C1(C)C. The third-order valence-corrected chi connectivity index (χ3v) is 7.02. The average Bonchev–Trinajstić information content (AvgIpc) is 3.04. The molecule has 138 valence electrons. The molecule has 5 nitrogen and oxygen atoms in total. The predicted octanol–water partition coefficient (Wildman–Crippen LogP) is 2.72. The zero-order chi connectivity index (χ0) is 18.2. The van der Waals surface area contributed by atoms with Gasteiger partial charge >= 0.3 is 0 Å². The topological polar surface area (TPSA) is 47.9 Å². The van der Waals surface area contributed by atoms with E-state index in [0.29, 0.717) is 0 Å². The summed E-state index contributed by atoms with van der Waals surface area (Å²) in [5.74, 6) is 0.971. The van der Waals surface area contributed by atoms with Crippen molar-refractivity contribution in [2.75, 3.05) is 26.2 Å². The van der Waals surface area contributed by atoms with Crippen LogP contribution in [0.3, 0.4) is 0 Å². The van der Waals surface area contributed by atoms with Crippen LogP contribution < -0.4 is 5.32 Å². The van der Waals surface area contributed by atoms with Crippen molar-refractivity contribution in [2.24, 2.45) is 10.4 Å². The lowest BCUT2D eigenvalue weighted by Crippen LogP contribution is -2.72. The van der Waals surface area contributed by atoms with Crippen molar-refractivity contribution >= 4 is 23.2 Å². The highest BCUT2D eigenvalue weighted by Gasteiger charge is 2.53. The van der Waals surface area contributed by atoms with E-state index in [1.54, 1.807) is 11.3 Å². The Hall–Kier alpha value is -1.56. The summed E-state index contributed by atoms with van der Waals surface area (Å²) in [5.41, 5.74) is 1.58. The fraction of sp³-hybridized carbons (Fsp3) is 0.684. The van der Waals surface area contributed by atoms with Crippen molar-refractivity contribution in [2.45, 2.75) is 53.1 Å². The van der Waals surface area contributed by atoms with Gasteiger partial charge in [0.05, 0.1) is 0 Å². The molecule has 1 amide bonds. The summed E-state index contributed by atoms with van der Waals surface area (Å²) in [6, 6.07) is 2.14. The second-order valence-electron chi connectivity index (χ2n) is 8.13. The molecule has 2 aliphatic rings. The summed E-state index contributed by atoms with van der Waals surface area (Å²) < 4.78 is 0. The Bertz CT molecular complexity index is 677. The molecular weight excluding hydrogens is 332 g/mol. The number of nitrogens with zero attached hydrogens (tertiary/aromatic N) is 3. The van der Waals surface area contributed by atoms with Crippen molar-refractivity contribution in [1.29, 1.82) is 0 Å². The van der Waals surface area contributed by atoms with E-state index in [-0.39, 0.29) is 23.4 Å². The van der Waals surface area contributed by atoms with Crippen molar-refractivity contribution in [3.63, 3.8) is 0 Å². The maximum atomic E-state index is 12.6. The van der Waals surface area contributed by atoms with Gasteiger partial charge in [0.1, 0.15) is 6.54 Å². The van der Waals surface area contributed by atoms with E-state index in [2.05, 4.69) is 61.3 Å². The van der Waals surface area contributed by atoms with Gasteiger partial charge in [0, 0.05) is 42.0 Å². The summed E-state index contributed by atoms with van der Waals surface area (Å²) in [5, 5.41) is 5.47. The van der Waals surface area contributed by atoms with Gasteiger partial charge in [-0.15, -0.1) is 11.3 Å². The molecule has 0 saturated carbocycles. The summed E-state index contributed by atoms with van der Waals surface area (Å²) >= 11 is 1.80. The monoisotopic (exact) mass is 362 g/mol. The first-order chi connectivity index (χ1) is 11.8. The van der Waals surface area contributed by atoms with Crippen LogP contribution in [0.15, 0.2) is 16.4 Å². The van der Waals surface area contributed by atoms with Crippen molar-refractivity contribution in [3.8, 4) is 0 Å². The number of fused-ring (bicyclic) bond motifs is 1. The third-order valence-electron chi connectivity index (χ3n) is 6.00. The second-order valence-corrected chi connectivity index (χ2v) is 9.13. The number of thiophene rings is 1. The highest BCUT2D eigenvalue weighted by atomic mass is 32.1. The Balaban J connectivity index is 1.65. The molecule has 1 aromatic rings. The molecular formula is C19H30N4OS. The number of guanidine groups is 1. The average molecular weight is 363 g/mol. The van der Waals surface area contributed by atoms with Gasteiger partial charge in [-0.1, -0.05) is 13.8 Å². The van der Waals surface area contributed by atoms with Gasteiger partial charge in [-0.2, -0.15) is 0 Å². The second kappa shape index (κ2) is 6.63. The number of aliphatic imine (C=N–C) groups is 1. The Morgan fingerprint density at radius 2 is 2.12 bits per heavy atom. The summed E-state index contributed by atoms with van der Waals surface area (Å²) in [7, 11) is 0. The number of carbonyl (C=O) groups excluding carboxylic acids is 1. The Labute approximate surface area is 155 Å². The number of amides is 1. The minimum atomic E-state index is 0.0355. The molecule has 1 N–H and O–H groups in total. The van der Waals surface area contributed by atoms with E-state index in [9.17, 15) is 4.79 Å². The largest absolute Gasteiger partial charge is 0.356 e. The van der Waals surface area contributed by atoms with E-state index in [1.165, 1.54) is 10.4 Å². The van der Waals surface area contributed by atoms with Crippen LogP contribution in [-0.2, 0) is 17.8 Å². The molecule has 0 atom stereocenters. The minimum Gasteiger partial charge on any atom is -0.356 e. The number of likely N-dealkylation sites (tertiary alicyclic amines) is 1. The molecule has 2 aliphatic heterocycles. The van der Waals surface area contributed by atoms with Gasteiger partial charge in [0.15, 0.2) is 5.96 Å². The van der Waals surface area contributed by atoms with E-state index in [1.807, 2.05) is 4.90 Å². The number of hydrogen-bond acceptors (Lipinski definition) is 3.